The monoisotopic (exact) mass is 326 g/mol. The van der Waals surface area contributed by atoms with Crippen molar-refractivity contribution in [1.29, 1.82) is 0 Å². The average molecular weight is 326 g/mol. The molecule has 3 aliphatic rings. The largest absolute Gasteiger partial charge is 0.338 e. The molecule has 0 bridgehead atoms. The second kappa shape index (κ2) is 5.87. The molecule has 3 nitrogen and oxygen atoms in total. The maximum Gasteiger partial charge on any atom is 0.225 e. The molecular formula is C21H30N2O. The summed E-state index contributed by atoms with van der Waals surface area (Å²) >= 11 is 0. The van der Waals surface area contributed by atoms with E-state index in [1.807, 2.05) is 0 Å². The lowest BCUT2D eigenvalue weighted by Gasteiger charge is -2.33. The Labute approximate surface area is 145 Å². The van der Waals surface area contributed by atoms with Gasteiger partial charge in [0.25, 0.3) is 0 Å². The molecule has 1 saturated carbocycles. The Morgan fingerprint density at radius 2 is 2.00 bits per heavy atom. The second-order valence-electron chi connectivity index (χ2n) is 8.89. The zero-order valence-electron chi connectivity index (χ0n) is 15.3. The number of nitrogens with zero attached hydrogens (tertiary/aromatic N) is 1. The fourth-order valence-corrected chi connectivity index (χ4v) is 4.20. The second-order valence-corrected chi connectivity index (χ2v) is 8.89. The van der Waals surface area contributed by atoms with Gasteiger partial charge in [-0.25, -0.2) is 0 Å². The van der Waals surface area contributed by atoms with Crippen molar-refractivity contribution in [3.63, 3.8) is 0 Å². The van der Waals surface area contributed by atoms with E-state index in [9.17, 15) is 4.79 Å². The number of hydrogen-bond acceptors (Lipinski definition) is 2. The van der Waals surface area contributed by atoms with Gasteiger partial charge in [-0.2, -0.15) is 0 Å². The predicted octanol–water partition coefficient (Wildman–Crippen LogP) is 3.70. The number of rotatable bonds is 2. The lowest BCUT2D eigenvalue weighted by atomic mass is 9.80. The van der Waals surface area contributed by atoms with Gasteiger partial charge in [-0.1, -0.05) is 32.9 Å². The molecule has 24 heavy (non-hydrogen) atoms. The van der Waals surface area contributed by atoms with Crippen LogP contribution in [0.2, 0.25) is 0 Å². The maximum absolute atomic E-state index is 12.5. The number of amides is 1. The molecule has 0 radical (unpaired) electrons. The van der Waals surface area contributed by atoms with Gasteiger partial charge >= 0.3 is 0 Å². The van der Waals surface area contributed by atoms with Crippen LogP contribution in [0.15, 0.2) is 12.1 Å². The van der Waals surface area contributed by atoms with E-state index < -0.39 is 0 Å². The summed E-state index contributed by atoms with van der Waals surface area (Å²) in [6.07, 6.45) is 5.73. The van der Waals surface area contributed by atoms with Crippen LogP contribution in [0, 0.1) is 5.92 Å². The number of benzene rings is 1. The van der Waals surface area contributed by atoms with Crippen LogP contribution in [0.4, 0.5) is 0 Å². The average Bonchev–Trinajstić information content (AvgIpc) is 3.26. The molecule has 2 heterocycles. The fourth-order valence-electron chi connectivity index (χ4n) is 4.20. The highest BCUT2D eigenvalue weighted by Crippen LogP contribution is 2.37. The van der Waals surface area contributed by atoms with E-state index in [1.54, 1.807) is 0 Å². The van der Waals surface area contributed by atoms with E-state index in [0.29, 0.717) is 17.9 Å². The van der Waals surface area contributed by atoms with Crippen molar-refractivity contribution in [1.82, 2.24) is 10.2 Å². The van der Waals surface area contributed by atoms with Gasteiger partial charge in [-0.3, -0.25) is 4.79 Å². The molecule has 1 aromatic carbocycles. The SMILES string of the molecule is CC(C)(C)c1cc2c(c([C@@H]3CCCN3)c1)CCN(C(=O)C1CC1)C2. The van der Waals surface area contributed by atoms with Crippen molar-refractivity contribution >= 4 is 5.91 Å². The molecule has 4 rings (SSSR count). The first kappa shape index (κ1) is 16.1. The first-order chi connectivity index (χ1) is 11.4. The van der Waals surface area contributed by atoms with Crippen LogP contribution in [0.25, 0.3) is 0 Å². The summed E-state index contributed by atoms with van der Waals surface area (Å²) in [5, 5.41) is 3.68. The molecule has 1 N–H and O–H groups in total. The van der Waals surface area contributed by atoms with Gasteiger partial charge in [0, 0.05) is 25.0 Å². The molecule has 0 unspecified atom stereocenters. The Balaban J connectivity index is 1.71. The third-order valence-corrected chi connectivity index (χ3v) is 5.91. The van der Waals surface area contributed by atoms with E-state index in [4.69, 9.17) is 0 Å². The van der Waals surface area contributed by atoms with Gasteiger partial charge in [0.15, 0.2) is 0 Å². The summed E-state index contributed by atoms with van der Waals surface area (Å²) in [5.41, 5.74) is 5.97. The van der Waals surface area contributed by atoms with Gasteiger partial charge < -0.3 is 10.2 Å². The van der Waals surface area contributed by atoms with Crippen molar-refractivity contribution in [3.8, 4) is 0 Å². The Kier molecular flexibility index (Phi) is 3.95. The molecule has 1 atom stereocenters. The van der Waals surface area contributed by atoms with Crippen LogP contribution in [-0.4, -0.2) is 23.9 Å². The standard InChI is InChI=1S/C21H30N2O/c1-21(2,3)16-11-15-13-23(20(24)14-6-7-14)10-8-17(15)18(12-16)19-5-4-9-22-19/h11-12,14,19,22H,4-10,13H2,1-3H3/t19-/m0/s1. The zero-order chi connectivity index (χ0) is 16.9. The van der Waals surface area contributed by atoms with Crippen molar-refractivity contribution in [2.24, 2.45) is 5.92 Å². The van der Waals surface area contributed by atoms with Crippen LogP contribution in [0.3, 0.4) is 0 Å². The molecule has 1 saturated heterocycles. The van der Waals surface area contributed by atoms with Crippen molar-refractivity contribution in [2.75, 3.05) is 13.1 Å². The van der Waals surface area contributed by atoms with Crippen molar-refractivity contribution in [2.45, 2.75) is 70.9 Å². The van der Waals surface area contributed by atoms with Gasteiger partial charge in [-0.05, 0) is 66.3 Å². The van der Waals surface area contributed by atoms with Crippen molar-refractivity contribution in [3.05, 3.63) is 34.4 Å². The first-order valence-corrected chi connectivity index (χ1v) is 9.62. The summed E-state index contributed by atoms with van der Waals surface area (Å²) in [5.74, 6) is 0.718. The molecule has 3 heteroatoms. The Morgan fingerprint density at radius 3 is 2.62 bits per heavy atom. The summed E-state index contributed by atoms with van der Waals surface area (Å²) < 4.78 is 0. The molecule has 1 aromatic rings. The van der Waals surface area contributed by atoms with Crippen LogP contribution in [-0.2, 0) is 23.2 Å². The fraction of sp³-hybridized carbons (Fsp3) is 0.667. The topological polar surface area (TPSA) is 32.3 Å². The molecule has 1 aliphatic carbocycles. The first-order valence-electron chi connectivity index (χ1n) is 9.62. The summed E-state index contributed by atoms with van der Waals surface area (Å²) in [6.45, 7) is 9.71. The lowest BCUT2D eigenvalue weighted by Crippen LogP contribution is -2.38. The van der Waals surface area contributed by atoms with Crippen LogP contribution < -0.4 is 5.32 Å². The highest BCUT2D eigenvalue weighted by atomic mass is 16.2. The molecule has 0 spiro atoms. The van der Waals surface area contributed by atoms with Crippen LogP contribution in [0.1, 0.15) is 74.8 Å². The number of fused-ring (bicyclic) bond motifs is 1. The van der Waals surface area contributed by atoms with E-state index in [-0.39, 0.29) is 5.41 Å². The molecule has 1 amide bonds. The predicted molar refractivity (Wildman–Crippen MR) is 97.0 cm³/mol. The minimum Gasteiger partial charge on any atom is -0.338 e. The third kappa shape index (κ3) is 2.99. The summed E-state index contributed by atoms with van der Waals surface area (Å²) in [4.78, 5) is 14.6. The molecule has 2 aliphatic heterocycles. The van der Waals surface area contributed by atoms with E-state index in [1.165, 1.54) is 35.1 Å². The lowest BCUT2D eigenvalue weighted by molar-refractivity contribution is -0.133. The smallest absolute Gasteiger partial charge is 0.225 e. The highest BCUT2D eigenvalue weighted by Gasteiger charge is 2.35. The number of carbonyl (C=O) groups is 1. The van der Waals surface area contributed by atoms with E-state index >= 15 is 0 Å². The molecular weight excluding hydrogens is 296 g/mol. The molecule has 0 aromatic heterocycles. The highest BCUT2D eigenvalue weighted by molar-refractivity contribution is 5.81. The van der Waals surface area contributed by atoms with Gasteiger partial charge in [0.05, 0.1) is 0 Å². The number of carbonyl (C=O) groups excluding carboxylic acids is 1. The number of nitrogens with one attached hydrogen (secondary N) is 1. The third-order valence-electron chi connectivity index (χ3n) is 5.91. The molecule has 2 fully saturated rings. The zero-order valence-corrected chi connectivity index (χ0v) is 15.3. The Bertz CT molecular complexity index is 649. The minimum atomic E-state index is 0.144. The van der Waals surface area contributed by atoms with Crippen LogP contribution in [0.5, 0.6) is 0 Å². The van der Waals surface area contributed by atoms with Gasteiger partial charge in [0.2, 0.25) is 5.91 Å². The van der Waals surface area contributed by atoms with Crippen LogP contribution >= 0.6 is 0 Å². The van der Waals surface area contributed by atoms with E-state index in [0.717, 1.165) is 38.9 Å². The van der Waals surface area contributed by atoms with Crippen molar-refractivity contribution < 1.29 is 4.79 Å². The number of hydrogen-bond donors (Lipinski definition) is 1. The van der Waals surface area contributed by atoms with Gasteiger partial charge in [-0.15, -0.1) is 0 Å². The normalized spacial score (nSPS) is 24.1. The molecule has 130 valence electrons. The maximum atomic E-state index is 12.5. The Hall–Kier alpha value is -1.35. The Morgan fingerprint density at radius 1 is 1.21 bits per heavy atom. The van der Waals surface area contributed by atoms with Gasteiger partial charge in [0.1, 0.15) is 0 Å². The summed E-state index contributed by atoms with van der Waals surface area (Å²) in [6, 6.07) is 5.33. The minimum absolute atomic E-state index is 0.144. The van der Waals surface area contributed by atoms with E-state index in [2.05, 4.69) is 43.1 Å². The summed E-state index contributed by atoms with van der Waals surface area (Å²) in [7, 11) is 0. The quantitative estimate of drug-likeness (QED) is 0.899.